The molecule has 0 saturated heterocycles. The van der Waals surface area contributed by atoms with Gasteiger partial charge in [0.1, 0.15) is 5.76 Å². The minimum absolute atomic E-state index is 0.00266. The fraction of sp³-hybridized carbons (Fsp3) is 0.250. The van der Waals surface area contributed by atoms with Crippen molar-refractivity contribution < 1.29 is 9.90 Å². The Bertz CT molecular complexity index is 1400. The lowest BCUT2D eigenvalue weighted by atomic mass is 9.85. The summed E-state index contributed by atoms with van der Waals surface area (Å²) in [4.78, 5) is 21.0. The molecule has 0 radical (unpaired) electrons. The molecule has 1 aliphatic heterocycles. The molecular weight excluding hydrogens is 444 g/mol. The Morgan fingerprint density at radius 1 is 0.722 bits per heavy atom. The molecule has 2 aromatic carbocycles. The topological polar surface area (TPSA) is 65.5 Å². The number of carbonyl (C=O) groups excluding carboxylic acids is 1. The van der Waals surface area contributed by atoms with E-state index in [1.165, 1.54) is 36.8 Å². The molecule has 0 amide bonds. The fourth-order valence-corrected chi connectivity index (χ4v) is 4.72. The number of carbonyl (C=O) groups is 1. The van der Waals surface area contributed by atoms with Crippen LogP contribution in [-0.4, -0.2) is 21.6 Å². The van der Waals surface area contributed by atoms with Crippen molar-refractivity contribution in [1.29, 1.82) is 0 Å². The molecule has 0 fully saturated rings. The predicted octanol–water partition coefficient (Wildman–Crippen LogP) is 7.53. The van der Waals surface area contributed by atoms with Crippen molar-refractivity contribution in [2.75, 3.05) is 0 Å². The second-order valence-electron chi connectivity index (χ2n) is 9.53. The number of aryl methyl sites for hydroxylation is 2. The average Bonchev–Trinajstić information content (AvgIpc) is 3.57. The van der Waals surface area contributed by atoms with Crippen LogP contribution in [0.3, 0.4) is 0 Å². The third kappa shape index (κ3) is 4.64. The molecule has 4 heteroatoms. The van der Waals surface area contributed by atoms with Gasteiger partial charge in [-0.3, -0.25) is 4.79 Å². The molecular formula is C32H32N2O2. The summed E-state index contributed by atoms with van der Waals surface area (Å²) in [5.41, 5.74) is 8.18. The van der Waals surface area contributed by atoms with E-state index in [2.05, 4.69) is 72.4 Å². The first-order valence-corrected chi connectivity index (χ1v) is 13.0. The van der Waals surface area contributed by atoms with Crippen molar-refractivity contribution in [1.82, 2.24) is 4.98 Å². The van der Waals surface area contributed by atoms with Crippen molar-refractivity contribution >= 4 is 17.1 Å². The maximum Gasteiger partial charge on any atom is 0.204 e. The van der Waals surface area contributed by atoms with Gasteiger partial charge in [-0.15, -0.1) is 0 Å². The zero-order chi connectivity index (χ0) is 25.1. The molecule has 2 aliphatic rings. The van der Waals surface area contributed by atoms with Crippen LogP contribution in [0.1, 0.15) is 61.9 Å². The van der Waals surface area contributed by atoms with Crippen LogP contribution in [0, 0.1) is 0 Å². The lowest BCUT2D eigenvalue weighted by molar-refractivity contribution is -0.111. The molecule has 2 heterocycles. The van der Waals surface area contributed by atoms with Gasteiger partial charge in [-0.2, -0.15) is 0 Å². The molecule has 3 aromatic rings. The van der Waals surface area contributed by atoms with Gasteiger partial charge < -0.3 is 10.1 Å². The summed E-state index contributed by atoms with van der Waals surface area (Å²) >= 11 is 0. The molecule has 5 rings (SSSR count). The van der Waals surface area contributed by atoms with E-state index in [1.54, 1.807) is 6.08 Å². The number of unbranched alkanes of at least 4 members (excludes halogenated alkanes) is 2. The summed E-state index contributed by atoms with van der Waals surface area (Å²) in [5.74, 6) is -0.182. The van der Waals surface area contributed by atoms with Crippen LogP contribution in [0.4, 0.5) is 0 Å². The Labute approximate surface area is 212 Å². The normalized spacial score (nSPS) is 17.1. The number of hydrogen-bond acceptors (Lipinski definition) is 3. The van der Waals surface area contributed by atoms with E-state index in [9.17, 15) is 9.90 Å². The summed E-state index contributed by atoms with van der Waals surface area (Å²) in [5, 5.41) is 10.8. The quantitative estimate of drug-likeness (QED) is 0.313. The number of benzene rings is 2. The number of hydrogen-bond donors (Lipinski definition) is 2. The number of aliphatic hydroxyl groups excluding tert-OH is 1. The van der Waals surface area contributed by atoms with Gasteiger partial charge in [0.2, 0.25) is 5.78 Å². The Balaban J connectivity index is 1.34. The van der Waals surface area contributed by atoms with Crippen molar-refractivity contribution in [2.45, 2.75) is 52.4 Å². The summed E-state index contributed by atoms with van der Waals surface area (Å²) in [6.07, 6.45) is 10.6. The van der Waals surface area contributed by atoms with E-state index in [1.807, 2.05) is 18.2 Å². The lowest BCUT2D eigenvalue weighted by Crippen LogP contribution is -2.22. The standard InChI is InChI=1S/C32H32N2O2/c1-3-5-7-21-9-13-23(14-10-21)25-17-19-27(33-25)29-31(35)30(32(29)36)28-20-18-26(34-28)24-15-11-22(12-16-24)8-6-4-2/h9-20,33,35H,3-8H2,1-2H3/b30-28-. The van der Waals surface area contributed by atoms with Gasteiger partial charge in [0, 0.05) is 11.3 Å². The number of allylic oxidation sites excluding steroid dienone is 4. The Morgan fingerprint density at radius 3 is 1.89 bits per heavy atom. The Kier molecular flexibility index (Phi) is 6.86. The lowest BCUT2D eigenvalue weighted by Gasteiger charge is -2.21. The number of H-pyrrole nitrogens is 1. The molecule has 4 nitrogen and oxygen atoms in total. The van der Waals surface area contributed by atoms with Crippen LogP contribution in [0.15, 0.2) is 94.8 Å². The van der Waals surface area contributed by atoms with Gasteiger partial charge in [0.15, 0.2) is 0 Å². The maximum absolute atomic E-state index is 13.0. The number of nitrogens with one attached hydrogen (secondary N) is 1. The molecule has 2 N–H and O–H groups in total. The van der Waals surface area contributed by atoms with E-state index >= 15 is 0 Å². The van der Waals surface area contributed by atoms with Crippen LogP contribution in [0.25, 0.3) is 16.8 Å². The highest BCUT2D eigenvalue weighted by molar-refractivity contribution is 6.39. The highest BCUT2D eigenvalue weighted by Crippen LogP contribution is 2.39. The van der Waals surface area contributed by atoms with Crippen LogP contribution >= 0.6 is 0 Å². The highest BCUT2D eigenvalue weighted by atomic mass is 16.3. The first kappa shape index (κ1) is 23.8. The second kappa shape index (κ2) is 10.4. The third-order valence-corrected chi connectivity index (χ3v) is 6.93. The zero-order valence-corrected chi connectivity index (χ0v) is 21.0. The van der Waals surface area contributed by atoms with Gasteiger partial charge in [-0.1, -0.05) is 75.2 Å². The summed E-state index contributed by atoms with van der Waals surface area (Å²) in [7, 11) is 0. The number of Topliss-reactive ketones (excluding diaryl/α,β-unsaturated/α-hetero) is 1. The monoisotopic (exact) mass is 476 g/mol. The summed E-state index contributed by atoms with van der Waals surface area (Å²) in [6, 6.07) is 20.7. The Hall–Kier alpha value is -3.92. The van der Waals surface area contributed by atoms with E-state index < -0.39 is 0 Å². The van der Waals surface area contributed by atoms with Gasteiger partial charge in [-0.25, -0.2) is 4.99 Å². The largest absolute Gasteiger partial charge is 0.506 e. The average molecular weight is 477 g/mol. The van der Waals surface area contributed by atoms with Gasteiger partial charge in [0.25, 0.3) is 0 Å². The second-order valence-corrected chi connectivity index (χ2v) is 9.53. The van der Waals surface area contributed by atoms with Crippen LogP contribution in [0.5, 0.6) is 0 Å². The summed E-state index contributed by atoms with van der Waals surface area (Å²) < 4.78 is 0. The van der Waals surface area contributed by atoms with Crippen LogP contribution < -0.4 is 0 Å². The van der Waals surface area contributed by atoms with E-state index in [-0.39, 0.29) is 17.1 Å². The molecule has 0 unspecified atom stereocenters. The predicted molar refractivity (Wildman–Crippen MR) is 147 cm³/mol. The number of rotatable bonds is 9. The van der Waals surface area contributed by atoms with Crippen molar-refractivity contribution in [3.05, 3.63) is 112 Å². The third-order valence-electron chi connectivity index (χ3n) is 6.93. The zero-order valence-electron chi connectivity index (χ0n) is 21.0. The number of ketones is 1. The van der Waals surface area contributed by atoms with Gasteiger partial charge in [0.05, 0.1) is 28.2 Å². The van der Waals surface area contributed by atoms with Crippen molar-refractivity contribution in [3.8, 4) is 11.3 Å². The van der Waals surface area contributed by atoms with E-state index in [4.69, 9.17) is 0 Å². The molecule has 1 aromatic heterocycles. The van der Waals surface area contributed by atoms with Crippen LogP contribution in [-0.2, 0) is 17.6 Å². The molecule has 0 atom stereocenters. The van der Waals surface area contributed by atoms with Crippen molar-refractivity contribution in [3.63, 3.8) is 0 Å². The molecule has 0 bridgehead atoms. The Morgan fingerprint density at radius 2 is 1.31 bits per heavy atom. The highest BCUT2D eigenvalue weighted by Gasteiger charge is 2.38. The SMILES string of the molecule is CCCCc1ccc(C2=N/C(=C3\C(=O)C(c4ccc(-c5ccc(CCCC)cc5)[nH]4)=C3O)C=C2)cc1. The molecule has 36 heavy (non-hydrogen) atoms. The first-order valence-electron chi connectivity index (χ1n) is 13.0. The maximum atomic E-state index is 13.0. The minimum atomic E-state index is -0.185. The first-order chi connectivity index (χ1) is 17.6. The van der Waals surface area contributed by atoms with E-state index in [0.29, 0.717) is 17.0 Å². The minimum Gasteiger partial charge on any atom is -0.506 e. The molecule has 182 valence electrons. The molecule has 1 aliphatic carbocycles. The van der Waals surface area contributed by atoms with Crippen molar-refractivity contribution in [2.24, 2.45) is 4.99 Å². The number of nitrogens with zero attached hydrogens (tertiary/aromatic N) is 1. The number of aliphatic imine (C=N–C) groups is 1. The van der Waals surface area contributed by atoms with Gasteiger partial charge in [-0.05, 0) is 66.7 Å². The smallest absolute Gasteiger partial charge is 0.204 e. The number of aromatic nitrogens is 1. The van der Waals surface area contributed by atoms with Gasteiger partial charge >= 0.3 is 0 Å². The number of aliphatic hydroxyl groups is 1. The molecule has 0 spiro atoms. The fourth-order valence-electron chi connectivity index (χ4n) is 4.72. The van der Waals surface area contributed by atoms with Crippen LogP contribution in [0.2, 0.25) is 0 Å². The number of aromatic amines is 1. The molecule has 0 saturated carbocycles. The van der Waals surface area contributed by atoms with E-state index in [0.717, 1.165) is 35.4 Å². The summed E-state index contributed by atoms with van der Waals surface area (Å²) in [6.45, 7) is 4.39.